The van der Waals surface area contributed by atoms with Crippen molar-refractivity contribution in [2.24, 2.45) is 5.10 Å². The van der Waals surface area contributed by atoms with E-state index < -0.39 is 17.9 Å². The summed E-state index contributed by atoms with van der Waals surface area (Å²) in [5.74, 6) is -0.281. The minimum Gasteiger partial charge on any atom is -0.481 e. The van der Waals surface area contributed by atoms with Crippen molar-refractivity contribution in [3.8, 4) is 0 Å². The summed E-state index contributed by atoms with van der Waals surface area (Å²) in [4.78, 5) is 41.3. The van der Waals surface area contributed by atoms with Gasteiger partial charge in [-0.1, -0.05) is 42.0 Å². The molecule has 0 unspecified atom stereocenters. The van der Waals surface area contributed by atoms with Gasteiger partial charge < -0.3 is 10.0 Å². The Bertz CT molecular complexity index is 1340. The Labute approximate surface area is 239 Å². The molecule has 0 spiro atoms. The molecule has 1 heterocycles. The fourth-order valence-electron chi connectivity index (χ4n) is 4.43. The van der Waals surface area contributed by atoms with Crippen molar-refractivity contribution in [2.75, 3.05) is 28.6 Å². The number of benzene rings is 3. The van der Waals surface area contributed by atoms with Crippen molar-refractivity contribution >= 4 is 47.3 Å². The fourth-order valence-corrected chi connectivity index (χ4v) is 5.31. The molecular formula is C31H34N4O4S. The number of nitrogens with one attached hydrogen (secondary N) is 1. The second-order valence-electron chi connectivity index (χ2n) is 9.69. The van der Waals surface area contributed by atoms with Gasteiger partial charge in [0.1, 0.15) is 0 Å². The van der Waals surface area contributed by atoms with Crippen molar-refractivity contribution in [1.29, 1.82) is 0 Å². The quantitative estimate of drug-likeness (QED) is 0.178. The van der Waals surface area contributed by atoms with Crippen molar-refractivity contribution in [2.45, 2.75) is 38.4 Å². The maximum Gasteiger partial charge on any atom is 0.349 e. The third kappa shape index (κ3) is 8.19. The molecule has 0 aromatic heterocycles. The first-order valence-corrected chi connectivity index (χ1v) is 14.5. The normalized spacial score (nSPS) is 13.3. The topological polar surface area (TPSA) is 102 Å². The number of urea groups is 1. The van der Waals surface area contributed by atoms with Crippen LogP contribution in [0.1, 0.15) is 52.7 Å². The molecule has 0 saturated carbocycles. The molecule has 4 rings (SSSR count). The summed E-state index contributed by atoms with van der Waals surface area (Å²) < 4.78 is 0. The van der Waals surface area contributed by atoms with Crippen LogP contribution in [0.15, 0.2) is 77.9 Å². The highest BCUT2D eigenvalue weighted by molar-refractivity contribution is 7.98. The van der Waals surface area contributed by atoms with Gasteiger partial charge in [0.2, 0.25) is 0 Å². The number of imide groups is 1. The molecule has 0 radical (unpaired) electrons. The van der Waals surface area contributed by atoms with Crippen molar-refractivity contribution in [1.82, 2.24) is 5.43 Å². The average molecular weight is 559 g/mol. The van der Waals surface area contributed by atoms with Crippen LogP contribution in [0.25, 0.3) is 0 Å². The highest BCUT2D eigenvalue weighted by Crippen LogP contribution is 2.25. The molecule has 1 aliphatic heterocycles. The molecule has 8 nitrogen and oxygen atoms in total. The Kier molecular flexibility index (Phi) is 10.3. The summed E-state index contributed by atoms with van der Waals surface area (Å²) in [5, 5.41) is 13.0. The lowest BCUT2D eigenvalue weighted by atomic mass is 10.1. The number of carboxylic acid groups (broad SMARTS) is 1. The van der Waals surface area contributed by atoms with E-state index in [0.29, 0.717) is 22.8 Å². The molecule has 0 aliphatic carbocycles. The van der Waals surface area contributed by atoms with E-state index in [1.165, 1.54) is 24.4 Å². The lowest BCUT2D eigenvalue weighted by Gasteiger charge is -2.29. The first-order chi connectivity index (χ1) is 19.4. The zero-order valence-corrected chi connectivity index (χ0v) is 23.4. The Morgan fingerprint density at radius 3 is 2.42 bits per heavy atom. The van der Waals surface area contributed by atoms with Crippen LogP contribution < -0.4 is 15.2 Å². The number of amides is 3. The van der Waals surface area contributed by atoms with E-state index in [1.807, 2.05) is 49.4 Å². The molecule has 1 fully saturated rings. The Morgan fingerprint density at radius 2 is 1.73 bits per heavy atom. The van der Waals surface area contributed by atoms with Crippen LogP contribution in [0.5, 0.6) is 0 Å². The van der Waals surface area contributed by atoms with E-state index in [1.54, 1.807) is 30.3 Å². The van der Waals surface area contributed by atoms with E-state index in [9.17, 15) is 14.4 Å². The number of aryl methyl sites for hydroxylation is 1. The van der Waals surface area contributed by atoms with Crippen LogP contribution >= 0.6 is 11.8 Å². The molecule has 0 bridgehead atoms. The van der Waals surface area contributed by atoms with Gasteiger partial charge in [0.05, 0.1) is 18.3 Å². The van der Waals surface area contributed by atoms with E-state index in [4.69, 9.17) is 5.11 Å². The van der Waals surface area contributed by atoms with E-state index >= 15 is 0 Å². The number of carbonyl (C=O) groups excluding carboxylic acids is 2. The highest BCUT2D eigenvalue weighted by Gasteiger charge is 2.25. The largest absolute Gasteiger partial charge is 0.481 e. The summed E-state index contributed by atoms with van der Waals surface area (Å²) in [7, 11) is 0. The van der Waals surface area contributed by atoms with Gasteiger partial charge in [0.15, 0.2) is 0 Å². The average Bonchev–Trinajstić information content (AvgIpc) is 2.97. The summed E-state index contributed by atoms with van der Waals surface area (Å²) >= 11 is 1.48. The Hall–Kier alpha value is -4.11. The molecule has 1 saturated heterocycles. The van der Waals surface area contributed by atoms with Crippen LogP contribution in [0.4, 0.5) is 16.2 Å². The number of rotatable bonds is 10. The van der Waals surface area contributed by atoms with E-state index in [-0.39, 0.29) is 6.42 Å². The molecule has 2 N–H and O–H groups in total. The number of carbonyl (C=O) groups is 3. The fraction of sp³-hybridized carbons (Fsp3) is 0.290. The number of aliphatic carboxylic acids is 1. The SMILES string of the molecule is Cc1ccc(C=NNC(=O)N(C(=O)c2cccc(CSCCC(=O)O)c2)c2ccc(N3CCCCC3)cc2)cc1. The Morgan fingerprint density at radius 1 is 1.00 bits per heavy atom. The van der Waals surface area contributed by atoms with Crippen LogP contribution in [0.2, 0.25) is 0 Å². The van der Waals surface area contributed by atoms with E-state index in [2.05, 4.69) is 15.4 Å². The molecule has 1 aliphatic rings. The zero-order chi connectivity index (χ0) is 28.3. The van der Waals surface area contributed by atoms with Gasteiger partial charge in [-0.25, -0.2) is 15.1 Å². The van der Waals surface area contributed by atoms with Crippen molar-refractivity contribution in [3.05, 3.63) is 95.1 Å². The van der Waals surface area contributed by atoms with Crippen LogP contribution in [0.3, 0.4) is 0 Å². The number of hydrazone groups is 1. The van der Waals surface area contributed by atoms with Crippen LogP contribution in [-0.4, -0.2) is 48.1 Å². The summed E-state index contributed by atoms with van der Waals surface area (Å²) in [6, 6.07) is 21.6. The molecule has 3 amide bonds. The zero-order valence-electron chi connectivity index (χ0n) is 22.6. The van der Waals surface area contributed by atoms with Gasteiger partial charge in [0, 0.05) is 35.8 Å². The summed E-state index contributed by atoms with van der Waals surface area (Å²) in [6.07, 6.45) is 5.15. The lowest BCUT2D eigenvalue weighted by Crippen LogP contribution is -2.42. The number of piperidine rings is 1. The number of hydrogen-bond donors (Lipinski definition) is 2. The van der Waals surface area contributed by atoms with Gasteiger partial charge in [-0.05, 0) is 73.7 Å². The third-order valence-corrected chi connectivity index (χ3v) is 7.62. The smallest absolute Gasteiger partial charge is 0.349 e. The molecule has 3 aromatic carbocycles. The predicted molar refractivity (Wildman–Crippen MR) is 161 cm³/mol. The predicted octanol–water partition coefficient (Wildman–Crippen LogP) is 6.08. The number of thioether (sulfide) groups is 1. The van der Waals surface area contributed by atoms with E-state index in [0.717, 1.165) is 53.2 Å². The molecular weight excluding hydrogens is 524 g/mol. The first-order valence-electron chi connectivity index (χ1n) is 13.4. The van der Waals surface area contributed by atoms with Gasteiger partial charge in [-0.2, -0.15) is 16.9 Å². The van der Waals surface area contributed by atoms with Gasteiger partial charge in [-0.3, -0.25) is 9.59 Å². The molecule has 40 heavy (non-hydrogen) atoms. The second kappa shape index (κ2) is 14.3. The van der Waals surface area contributed by atoms with Gasteiger partial charge >= 0.3 is 12.0 Å². The van der Waals surface area contributed by atoms with Crippen molar-refractivity contribution in [3.63, 3.8) is 0 Å². The Balaban J connectivity index is 1.54. The van der Waals surface area contributed by atoms with Crippen molar-refractivity contribution < 1.29 is 19.5 Å². The van der Waals surface area contributed by atoms with Crippen LogP contribution in [0, 0.1) is 6.92 Å². The standard InChI is InChI=1S/C31H34N4O4S/c1-23-8-10-24(11-9-23)21-32-33-31(39)35(28-14-12-27(13-15-28)34-17-3-2-4-18-34)30(38)26-7-5-6-25(20-26)22-40-19-16-29(36)37/h5-15,20-21H,2-4,16-19,22H2,1H3,(H,33,39)(H,36,37). The lowest BCUT2D eigenvalue weighted by molar-refractivity contribution is -0.136. The third-order valence-electron chi connectivity index (χ3n) is 6.59. The second-order valence-corrected chi connectivity index (χ2v) is 10.8. The number of carboxylic acids is 1. The number of anilines is 2. The summed E-state index contributed by atoms with van der Waals surface area (Å²) in [6.45, 7) is 3.98. The minimum atomic E-state index is -0.838. The molecule has 3 aromatic rings. The highest BCUT2D eigenvalue weighted by atomic mass is 32.2. The maximum absolute atomic E-state index is 13.7. The number of hydrogen-bond acceptors (Lipinski definition) is 6. The minimum absolute atomic E-state index is 0.0771. The maximum atomic E-state index is 13.7. The monoisotopic (exact) mass is 558 g/mol. The van der Waals surface area contributed by atoms with Crippen LogP contribution in [-0.2, 0) is 10.5 Å². The number of nitrogens with zero attached hydrogens (tertiary/aromatic N) is 3. The van der Waals surface area contributed by atoms with Gasteiger partial charge in [0.25, 0.3) is 5.91 Å². The first kappa shape index (κ1) is 28.9. The molecule has 208 valence electrons. The molecule has 0 atom stereocenters. The van der Waals surface area contributed by atoms with Gasteiger partial charge in [-0.15, -0.1) is 0 Å². The molecule has 9 heteroatoms. The summed E-state index contributed by atoms with van der Waals surface area (Å²) in [5.41, 5.74) is 7.18.